The van der Waals surface area contributed by atoms with Gasteiger partial charge < -0.3 is 10.2 Å². The fraction of sp³-hybridized carbons (Fsp3) is 0.368. The Morgan fingerprint density at radius 2 is 1.67 bits per heavy atom. The Morgan fingerprint density at radius 3 is 2.33 bits per heavy atom. The molecule has 1 saturated heterocycles. The van der Waals surface area contributed by atoms with Crippen LogP contribution in [0.5, 0.6) is 0 Å². The maximum Gasteiger partial charge on any atom is 0.0668 e. The van der Waals surface area contributed by atoms with E-state index in [1.54, 1.807) is 0 Å². The molecule has 1 aliphatic heterocycles. The summed E-state index contributed by atoms with van der Waals surface area (Å²) in [4.78, 5) is 2.53. The number of rotatable bonds is 2. The van der Waals surface area contributed by atoms with Crippen molar-refractivity contribution < 1.29 is 0 Å². The van der Waals surface area contributed by atoms with Gasteiger partial charge in [-0.2, -0.15) is 0 Å². The minimum Gasteiger partial charge on any atom is -0.361 e. The van der Waals surface area contributed by atoms with Gasteiger partial charge in [-0.15, -0.1) is 0 Å². The molecule has 0 bridgehead atoms. The van der Waals surface area contributed by atoms with Crippen molar-refractivity contribution in [1.29, 1.82) is 0 Å². The van der Waals surface area contributed by atoms with E-state index in [9.17, 15) is 0 Å². The predicted octanol–water partition coefficient (Wildman–Crippen LogP) is 3.92. The minimum absolute atomic E-state index is 0.135. The number of hydrogen-bond donors (Lipinski definition) is 1. The second-order valence-corrected chi connectivity index (χ2v) is 6.65. The number of hydrogen-bond acceptors (Lipinski definition) is 2. The van der Waals surface area contributed by atoms with Crippen molar-refractivity contribution in [2.24, 2.45) is 0 Å². The number of anilines is 1. The molecule has 2 heteroatoms. The lowest BCUT2D eigenvalue weighted by Gasteiger charge is -2.46. The largest absolute Gasteiger partial charge is 0.361 e. The summed E-state index contributed by atoms with van der Waals surface area (Å²) in [5.74, 6) is 0. The van der Waals surface area contributed by atoms with Crippen LogP contribution in [0.25, 0.3) is 0 Å². The third-order valence-corrected chi connectivity index (χ3v) is 4.27. The SMILES string of the molecule is Cc1ccc(N2CC(C)(C)NCC2c2ccccc2)cc1. The van der Waals surface area contributed by atoms with E-state index in [4.69, 9.17) is 0 Å². The molecule has 1 fully saturated rings. The molecular weight excluding hydrogens is 256 g/mol. The third kappa shape index (κ3) is 3.11. The summed E-state index contributed by atoms with van der Waals surface area (Å²) >= 11 is 0. The summed E-state index contributed by atoms with van der Waals surface area (Å²) in [6, 6.07) is 20.1. The summed E-state index contributed by atoms with van der Waals surface area (Å²) in [7, 11) is 0. The lowest BCUT2D eigenvalue weighted by atomic mass is 9.94. The van der Waals surface area contributed by atoms with E-state index in [2.05, 4.69) is 85.6 Å². The van der Waals surface area contributed by atoms with E-state index in [-0.39, 0.29) is 5.54 Å². The van der Waals surface area contributed by atoms with Gasteiger partial charge in [-0.25, -0.2) is 0 Å². The van der Waals surface area contributed by atoms with E-state index in [0.29, 0.717) is 6.04 Å². The van der Waals surface area contributed by atoms with Crippen molar-refractivity contribution >= 4 is 5.69 Å². The Hall–Kier alpha value is -1.80. The number of aryl methyl sites for hydroxylation is 1. The van der Waals surface area contributed by atoms with Gasteiger partial charge in [0.05, 0.1) is 6.04 Å². The van der Waals surface area contributed by atoms with Crippen LogP contribution >= 0.6 is 0 Å². The second kappa shape index (κ2) is 5.53. The Balaban J connectivity index is 1.96. The van der Waals surface area contributed by atoms with Crippen LogP contribution in [-0.2, 0) is 0 Å². The van der Waals surface area contributed by atoms with Gasteiger partial charge >= 0.3 is 0 Å². The molecule has 3 rings (SSSR count). The molecule has 1 aliphatic rings. The zero-order valence-electron chi connectivity index (χ0n) is 13.1. The van der Waals surface area contributed by atoms with Crippen LogP contribution in [0.4, 0.5) is 5.69 Å². The van der Waals surface area contributed by atoms with Gasteiger partial charge in [0, 0.05) is 24.3 Å². The molecule has 1 unspecified atom stereocenters. The lowest BCUT2D eigenvalue weighted by molar-refractivity contribution is 0.312. The summed E-state index contributed by atoms with van der Waals surface area (Å²) in [6.07, 6.45) is 0. The molecule has 1 heterocycles. The van der Waals surface area contributed by atoms with Gasteiger partial charge in [-0.3, -0.25) is 0 Å². The molecular formula is C19H24N2. The van der Waals surface area contributed by atoms with Crippen molar-refractivity contribution in [1.82, 2.24) is 5.32 Å². The van der Waals surface area contributed by atoms with Crippen LogP contribution in [0.2, 0.25) is 0 Å². The molecule has 0 aromatic heterocycles. The van der Waals surface area contributed by atoms with Crippen LogP contribution < -0.4 is 10.2 Å². The Bertz CT molecular complexity index is 587. The molecule has 1 atom stereocenters. The summed E-state index contributed by atoms with van der Waals surface area (Å²) in [6.45, 7) is 8.67. The van der Waals surface area contributed by atoms with Gasteiger partial charge in [0.1, 0.15) is 0 Å². The first-order valence-electron chi connectivity index (χ1n) is 7.68. The van der Waals surface area contributed by atoms with E-state index >= 15 is 0 Å². The molecule has 21 heavy (non-hydrogen) atoms. The molecule has 0 radical (unpaired) electrons. The first kappa shape index (κ1) is 14.2. The molecule has 0 aliphatic carbocycles. The standard InChI is InChI=1S/C19H24N2/c1-15-9-11-17(12-10-15)21-14-19(2,3)20-13-18(21)16-7-5-4-6-8-16/h4-12,18,20H,13-14H2,1-3H3. The Morgan fingerprint density at radius 1 is 1.00 bits per heavy atom. The van der Waals surface area contributed by atoms with Crippen molar-refractivity contribution in [3.05, 3.63) is 65.7 Å². The normalized spacial score (nSPS) is 21.3. The average molecular weight is 280 g/mol. The number of benzene rings is 2. The van der Waals surface area contributed by atoms with E-state index < -0.39 is 0 Å². The van der Waals surface area contributed by atoms with Crippen LogP contribution in [0, 0.1) is 6.92 Å². The highest BCUT2D eigenvalue weighted by Gasteiger charge is 2.33. The van der Waals surface area contributed by atoms with Crippen LogP contribution in [0.15, 0.2) is 54.6 Å². The first-order chi connectivity index (χ1) is 10.1. The summed E-state index contributed by atoms with van der Waals surface area (Å²) in [5, 5.41) is 3.68. The average Bonchev–Trinajstić information content (AvgIpc) is 2.48. The number of nitrogens with one attached hydrogen (secondary N) is 1. The minimum atomic E-state index is 0.135. The fourth-order valence-corrected chi connectivity index (χ4v) is 3.06. The lowest BCUT2D eigenvalue weighted by Crippen LogP contribution is -2.58. The van der Waals surface area contributed by atoms with Crippen molar-refractivity contribution in [3.8, 4) is 0 Å². The molecule has 2 aromatic carbocycles. The third-order valence-electron chi connectivity index (χ3n) is 4.27. The quantitative estimate of drug-likeness (QED) is 0.897. The van der Waals surface area contributed by atoms with Gasteiger partial charge in [0.25, 0.3) is 0 Å². The van der Waals surface area contributed by atoms with Crippen molar-refractivity contribution in [2.45, 2.75) is 32.4 Å². The number of piperazine rings is 1. The smallest absolute Gasteiger partial charge is 0.0668 e. The van der Waals surface area contributed by atoms with Crippen LogP contribution in [0.3, 0.4) is 0 Å². The predicted molar refractivity (Wildman–Crippen MR) is 89.8 cm³/mol. The molecule has 0 spiro atoms. The van der Waals surface area contributed by atoms with Gasteiger partial charge in [-0.1, -0.05) is 48.0 Å². The summed E-state index contributed by atoms with van der Waals surface area (Å²) < 4.78 is 0. The van der Waals surface area contributed by atoms with Crippen molar-refractivity contribution in [2.75, 3.05) is 18.0 Å². The summed E-state index contributed by atoms with van der Waals surface area (Å²) in [5.41, 5.74) is 4.13. The molecule has 0 amide bonds. The van der Waals surface area contributed by atoms with Crippen molar-refractivity contribution in [3.63, 3.8) is 0 Å². The zero-order valence-corrected chi connectivity index (χ0v) is 13.1. The first-order valence-corrected chi connectivity index (χ1v) is 7.68. The molecule has 0 saturated carbocycles. The molecule has 2 aromatic rings. The Kier molecular flexibility index (Phi) is 3.73. The van der Waals surface area contributed by atoms with E-state index in [1.807, 2.05) is 0 Å². The van der Waals surface area contributed by atoms with Gasteiger partial charge in [-0.05, 0) is 38.5 Å². The van der Waals surface area contributed by atoms with Gasteiger partial charge in [0.2, 0.25) is 0 Å². The highest BCUT2D eigenvalue weighted by Crippen LogP contribution is 2.32. The van der Waals surface area contributed by atoms with Gasteiger partial charge in [0.15, 0.2) is 0 Å². The maximum atomic E-state index is 3.68. The second-order valence-electron chi connectivity index (χ2n) is 6.65. The maximum absolute atomic E-state index is 3.68. The topological polar surface area (TPSA) is 15.3 Å². The monoisotopic (exact) mass is 280 g/mol. The van der Waals surface area contributed by atoms with E-state index in [1.165, 1.54) is 16.8 Å². The van der Waals surface area contributed by atoms with Crippen LogP contribution in [-0.4, -0.2) is 18.6 Å². The molecule has 110 valence electrons. The number of nitrogens with zero attached hydrogens (tertiary/aromatic N) is 1. The van der Waals surface area contributed by atoms with E-state index in [0.717, 1.165) is 13.1 Å². The van der Waals surface area contributed by atoms with Crippen LogP contribution in [0.1, 0.15) is 31.0 Å². The zero-order chi connectivity index (χ0) is 14.9. The Labute approximate surface area is 127 Å². The highest BCUT2D eigenvalue weighted by atomic mass is 15.3. The molecule has 1 N–H and O–H groups in total. The molecule has 2 nitrogen and oxygen atoms in total. The fourth-order valence-electron chi connectivity index (χ4n) is 3.06. The highest BCUT2D eigenvalue weighted by molar-refractivity contribution is 5.51.